The number of halogens is 2. The molecule has 0 aromatic heterocycles. The van der Waals surface area contributed by atoms with Gasteiger partial charge in [0, 0.05) is 6.54 Å². The van der Waals surface area contributed by atoms with E-state index in [0.29, 0.717) is 18.1 Å². The van der Waals surface area contributed by atoms with Crippen molar-refractivity contribution in [2.24, 2.45) is 4.99 Å². The standard InChI is InChI=1S/C18H22FN3O.HI/c1-3-20-18(22-13(2)15-7-5-4-6-8-15)21-12-14-9-10-17(23)16(19)11-14;/h4-11,13,23H,3,12H2,1-2H3,(H2,20,21,22);1H. The van der Waals surface area contributed by atoms with Crippen molar-refractivity contribution in [3.8, 4) is 5.75 Å². The summed E-state index contributed by atoms with van der Waals surface area (Å²) < 4.78 is 13.4. The summed E-state index contributed by atoms with van der Waals surface area (Å²) in [5.74, 6) is -0.314. The van der Waals surface area contributed by atoms with Crippen molar-refractivity contribution in [2.45, 2.75) is 26.4 Å². The molecular formula is C18H23FIN3O. The molecule has 0 fully saturated rings. The van der Waals surface area contributed by atoms with Crippen LogP contribution < -0.4 is 10.6 Å². The average molecular weight is 443 g/mol. The van der Waals surface area contributed by atoms with Crippen LogP contribution in [0.2, 0.25) is 0 Å². The Labute approximate surface area is 159 Å². The van der Waals surface area contributed by atoms with Crippen LogP contribution in [0.4, 0.5) is 4.39 Å². The van der Waals surface area contributed by atoms with E-state index >= 15 is 0 Å². The number of aromatic hydroxyl groups is 1. The summed E-state index contributed by atoms with van der Waals surface area (Å²) in [7, 11) is 0. The van der Waals surface area contributed by atoms with Crippen LogP contribution in [-0.2, 0) is 6.54 Å². The molecule has 0 saturated carbocycles. The first-order chi connectivity index (χ1) is 11.1. The summed E-state index contributed by atoms with van der Waals surface area (Å²) in [5.41, 5.74) is 1.86. The lowest BCUT2D eigenvalue weighted by Crippen LogP contribution is -2.38. The Kier molecular flexibility index (Phi) is 8.53. The number of rotatable bonds is 5. The van der Waals surface area contributed by atoms with Gasteiger partial charge in [0.25, 0.3) is 0 Å². The van der Waals surface area contributed by atoms with Crippen LogP contribution in [0.5, 0.6) is 5.75 Å². The molecule has 1 atom stereocenters. The van der Waals surface area contributed by atoms with E-state index in [1.807, 2.05) is 25.1 Å². The molecule has 0 amide bonds. The third-order valence-corrected chi connectivity index (χ3v) is 3.43. The van der Waals surface area contributed by atoms with Gasteiger partial charge < -0.3 is 15.7 Å². The summed E-state index contributed by atoms with van der Waals surface area (Å²) in [6.45, 7) is 5.11. The van der Waals surface area contributed by atoms with Crippen LogP contribution >= 0.6 is 24.0 Å². The maximum absolute atomic E-state index is 13.4. The van der Waals surface area contributed by atoms with Crippen molar-refractivity contribution in [1.29, 1.82) is 0 Å². The second-order valence-electron chi connectivity index (χ2n) is 5.26. The molecule has 6 heteroatoms. The first kappa shape index (κ1) is 20.2. The number of guanidine groups is 1. The van der Waals surface area contributed by atoms with Gasteiger partial charge in [-0.2, -0.15) is 0 Å². The van der Waals surface area contributed by atoms with Crippen molar-refractivity contribution in [1.82, 2.24) is 10.6 Å². The molecule has 0 saturated heterocycles. The van der Waals surface area contributed by atoms with Crippen molar-refractivity contribution in [3.63, 3.8) is 0 Å². The zero-order valence-electron chi connectivity index (χ0n) is 13.8. The van der Waals surface area contributed by atoms with Gasteiger partial charge in [-0.1, -0.05) is 36.4 Å². The Morgan fingerprint density at radius 1 is 1.21 bits per heavy atom. The normalized spacial score (nSPS) is 12.2. The average Bonchev–Trinajstić information content (AvgIpc) is 2.56. The number of phenols is 1. The van der Waals surface area contributed by atoms with E-state index in [2.05, 4.69) is 34.7 Å². The van der Waals surface area contributed by atoms with Crippen LogP contribution in [-0.4, -0.2) is 17.6 Å². The molecule has 3 N–H and O–H groups in total. The van der Waals surface area contributed by atoms with Crippen LogP contribution in [0.3, 0.4) is 0 Å². The maximum Gasteiger partial charge on any atom is 0.192 e. The Hall–Kier alpha value is -1.83. The molecule has 2 aromatic carbocycles. The number of hydrogen-bond acceptors (Lipinski definition) is 2. The smallest absolute Gasteiger partial charge is 0.192 e. The molecule has 0 aliphatic carbocycles. The molecule has 2 rings (SSSR count). The number of nitrogens with zero attached hydrogens (tertiary/aromatic N) is 1. The molecule has 0 radical (unpaired) electrons. The Bertz CT molecular complexity index is 665. The van der Waals surface area contributed by atoms with Crippen LogP contribution in [0.15, 0.2) is 53.5 Å². The van der Waals surface area contributed by atoms with Gasteiger partial charge >= 0.3 is 0 Å². The Balaban J connectivity index is 0.00000288. The second kappa shape index (κ2) is 10.1. The lowest BCUT2D eigenvalue weighted by atomic mass is 10.1. The summed E-state index contributed by atoms with van der Waals surface area (Å²) >= 11 is 0. The van der Waals surface area contributed by atoms with Crippen LogP contribution in [0.1, 0.15) is 31.0 Å². The van der Waals surface area contributed by atoms with Crippen molar-refractivity contribution in [3.05, 3.63) is 65.5 Å². The van der Waals surface area contributed by atoms with Gasteiger partial charge in [-0.05, 0) is 37.1 Å². The molecule has 130 valence electrons. The lowest BCUT2D eigenvalue weighted by molar-refractivity contribution is 0.432. The minimum absolute atomic E-state index is 0. The van der Waals surface area contributed by atoms with Gasteiger partial charge in [0.15, 0.2) is 17.5 Å². The van der Waals surface area contributed by atoms with E-state index in [1.165, 1.54) is 12.1 Å². The largest absolute Gasteiger partial charge is 0.505 e. The fourth-order valence-corrected chi connectivity index (χ4v) is 2.17. The first-order valence-corrected chi connectivity index (χ1v) is 7.67. The molecule has 0 spiro atoms. The van der Waals surface area contributed by atoms with Gasteiger partial charge in [-0.15, -0.1) is 24.0 Å². The highest BCUT2D eigenvalue weighted by atomic mass is 127. The molecule has 0 aliphatic rings. The van der Waals surface area contributed by atoms with Crippen LogP contribution in [0.25, 0.3) is 0 Å². The van der Waals surface area contributed by atoms with Gasteiger partial charge in [0.05, 0.1) is 12.6 Å². The summed E-state index contributed by atoms with van der Waals surface area (Å²) in [6, 6.07) is 14.5. The Morgan fingerprint density at radius 3 is 2.54 bits per heavy atom. The molecule has 24 heavy (non-hydrogen) atoms. The number of benzene rings is 2. The van der Waals surface area contributed by atoms with Gasteiger partial charge in [-0.25, -0.2) is 9.38 Å². The number of aliphatic imine (C=N–C) groups is 1. The highest BCUT2D eigenvalue weighted by molar-refractivity contribution is 14.0. The van der Waals surface area contributed by atoms with E-state index in [-0.39, 0.29) is 35.8 Å². The van der Waals surface area contributed by atoms with E-state index in [4.69, 9.17) is 0 Å². The van der Waals surface area contributed by atoms with Gasteiger partial charge in [0.1, 0.15) is 0 Å². The quantitative estimate of drug-likeness (QED) is 0.373. The number of nitrogens with one attached hydrogen (secondary N) is 2. The molecule has 0 heterocycles. The molecular weight excluding hydrogens is 420 g/mol. The predicted molar refractivity (Wildman–Crippen MR) is 106 cm³/mol. The third kappa shape index (κ3) is 5.99. The minimum atomic E-state index is -0.631. The van der Waals surface area contributed by atoms with E-state index in [0.717, 1.165) is 12.1 Å². The van der Waals surface area contributed by atoms with E-state index in [9.17, 15) is 9.50 Å². The number of phenolic OH excluding ortho intramolecular Hbond substituents is 1. The first-order valence-electron chi connectivity index (χ1n) is 7.67. The monoisotopic (exact) mass is 443 g/mol. The van der Waals surface area contributed by atoms with E-state index in [1.54, 1.807) is 6.07 Å². The van der Waals surface area contributed by atoms with Crippen molar-refractivity contribution < 1.29 is 9.50 Å². The van der Waals surface area contributed by atoms with Gasteiger partial charge in [0.2, 0.25) is 0 Å². The zero-order chi connectivity index (χ0) is 16.7. The SMILES string of the molecule is CCNC(=NCc1ccc(O)c(F)c1)NC(C)c1ccccc1.I. The van der Waals surface area contributed by atoms with E-state index < -0.39 is 5.82 Å². The molecule has 1 unspecified atom stereocenters. The third-order valence-electron chi connectivity index (χ3n) is 3.43. The zero-order valence-corrected chi connectivity index (χ0v) is 16.1. The molecule has 0 aliphatic heterocycles. The second-order valence-corrected chi connectivity index (χ2v) is 5.26. The summed E-state index contributed by atoms with van der Waals surface area (Å²) in [5, 5.41) is 15.7. The van der Waals surface area contributed by atoms with Gasteiger partial charge in [-0.3, -0.25) is 0 Å². The van der Waals surface area contributed by atoms with Crippen molar-refractivity contribution >= 4 is 29.9 Å². The highest BCUT2D eigenvalue weighted by Crippen LogP contribution is 2.16. The fourth-order valence-electron chi connectivity index (χ4n) is 2.17. The predicted octanol–water partition coefficient (Wildman–Crippen LogP) is 3.97. The van der Waals surface area contributed by atoms with Crippen molar-refractivity contribution in [2.75, 3.05) is 6.54 Å². The molecule has 0 bridgehead atoms. The summed E-state index contributed by atoms with van der Waals surface area (Å²) in [4.78, 5) is 4.47. The topological polar surface area (TPSA) is 56.7 Å². The maximum atomic E-state index is 13.4. The Morgan fingerprint density at radius 2 is 1.92 bits per heavy atom. The summed E-state index contributed by atoms with van der Waals surface area (Å²) in [6.07, 6.45) is 0. The fraction of sp³-hybridized carbons (Fsp3) is 0.278. The molecule has 2 aromatic rings. The minimum Gasteiger partial charge on any atom is -0.505 e. The molecule has 4 nitrogen and oxygen atoms in total. The van der Waals surface area contributed by atoms with Crippen LogP contribution in [0, 0.1) is 5.82 Å². The number of hydrogen-bond donors (Lipinski definition) is 3. The highest BCUT2D eigenvalue weighted by Gasteiger charge is 2.07. The lowest BCUT2D eigenvalue weighted by Gasteiger charge is -2.18.